The van der Waals surface area contributed by atoms with Crippen LogP contribution in [0.1, 0.15) is 49.9 Å². The molecular formula is C20H27N3OS. The predicted octanol–water partition coefficient (Wildman–Crippen LogP) is 4.17. The second kappa shape index (κ2) is 9.99. The maximum atomic E-state index is 12.2. The van der Waals surface area contributed by atoms with Gasteiger partial charge >= 0.3 is 0 Å². The van der Waals surface area contributed by atoms with Gasteiger partial charge in [-0.25, -0.2) is 0 Å². The molecule has 0 aliphatic rings. The fourth-order valence-corrected chi connectivity index (χ4v) is 2.81. The van der Waals surface area contributed by atoms with Crippen LogP contribution in [0.4, 0.5) is 0 Å². The van der Waals surface area contributed by atoms with Gasteiger partial charge in [0.05, 0.1) is 0 Å². The number of benzene rings is 2. The van der Waals surface area contributed by atoms with Crippen LogP contribution in [0.25, 0.3) is 10.8 Å². The summed E-state index contributed by atoms with van der Waals surface area (Å²) in [4.78, 5) is 12.2. The fraction of sp³-hybridized carbons (Fsp3) is 0.400. The molecule has 2 rings (SSSR count). The first-order valence-electron chi connectivity index (χ1n) is 8.93. The lowest BCUT2D eigenvalue weighted by Gasteiger charge is -2.15. The number of carbonyl (C=O) groups is 1. The summed E-state index contributed by atoms with van der Waals surface area (Å²) in [6.45, 7) is 5.22. The zero-order valence-corrected chi connectivity index (χ0v) is 15.8. The van der Waals surface area contributed by atoms with Crippen LogP contribution in [0.2, 0.25) is 0 Å². The second-order valence-electron chi connectivity index (χ2n) is 6.45. The molecule has 0 bridgehead atoms. The van der Waals surface area contributed by atoms with E-state index < -0.39 is 0 Å². The van der Waals surface area contributed by atoms with Gasteiger partial charge in [0, 0.05) is 12.1 Å². The van der Waals surface area contributed by atoms with Crippen molar-refractivity contribution in [3.05, 3.63) is 48.0 Å². The molecule has 25 heavy (non-hydrogen) atoms. The van der Waals surface area contributed by atoms with Crippen LogP contribution >= 0.6 is 12.2 Å². The van der Waals surface area contributed by atoms with Crippen molar-refractivity contribution in [3.63, 3.8) is 0 Å². The summed E-state index contributed by atoms with van der Waals surface area (Å²) >= 11 is 5.22. The lowest BCUT2D eigenvalue weighted by molar-refractivity contribution is 0.0944. The minimum atomic E-state index is -0.203. The van der Waals surface area contributed by atoms with E-state index in [-0.39, 0.29) is 5.91 Å². The minimum absolute atomic E-state index is 0.203. The maximum absolute atomic E-state index is 12.2. The monoisotopic (exact) mass is 357 g/mol. The predicted molar refractivity (Wildman–Crippen MR) is 108 cm³/mol. The topological polar surface area (TPSA) is 53.2 Å². The van der Waals surface area contributed by atoms with Crippen LogP contribution in [0.5, 0.6) is 0 Å². The van der Waals surface area contributed by atoms with Crippen molar-refractivity contribution >= 4 is 34.0 Å². The van der Waals surface area contributed by atoms with Gasteiger partial charge in [-0.05, 0) is 47.5 Å². The fourth-order valence-electron chi connectivity index (χ4n) is 2.67. The van der Waals surface area contributed by atoms with E-state index in [0.717, 1.165) is 17.3 Å². The zero-order valence-electron chi connectivity index (χ0n) is 15.0. The Morgan fingerprint density at radius 2 is 1.84 bits per heavy atom. The number of nitrogens with one attached hydrogen (secondary N) is 3. The van der Waals surface area contributed by atoms with Crippen LogP contribution in [0.3, 0.4) is 0 Å². The lowest BCUT2D eigenvalue weighted by Crippen LogP contribution is -2.47. The van der Waals surface area contributed by atoms with Gasteiger partial charge in [0.1, 0.15) is 0 Å². The van der Waals surface area contributed by atoms with Gasteiger partial charge in [-0.2, -0.15) is 0 Å². The van der Waals surface area contributed by atoms with Crippen molar-refractivity contribution in [2.24, 2.45) is 5.92 Å². The van der Waals surface area contributed by atoms with Crippen molar-refractivity contribution in [1.82, 2.24) is 16.2 Å². The van der Waals surface area contributed by atoms with E-state index in [1.165, 1.54) is 25.7 Å². The van der Waals surface area contributed by atoms with E-state index in [1.807, 2.05) is 42.5 Å². The Bertz CT molecular complexity index is 717. The molecular weight excluding hydrogens is 330 g/mol. The summed E-state index contributed by atoms with van der Waals surface area (Å²) < 4.78 is 0. The molecule has 0 saturated carbocycles. The molecule has 5 heteroatoms. The summed E-state index contributed by atoms with van der Waals surface area (Å²) in [6.07, 6.45) is 4.95. The van der Waals surface area contributed by atoms with Gasteiger partial charge in [-0.1, -0.05) is 63.4 Å². The summed E-state index contributed by atoms with van der Waals surface area (Å²) in [6, 6.07) is 13.6. The van der Waals surface area contributed by atoms with E-state index in [9.17, 15) is 4.79 Å². The Morgan fingerprint density at radius 1 is 1.08 bits per heavy atom. The van der Waals surface area contributed by atoms with E-state index >= 15 is 0 Å². The molecule has 3 N–H and O–H groups in total. The van der Waals surface area contributed by atoms with Gasteiger partial charge < -0.3 is 5.32 Å². The van der Waals surface area contributed by atoms with Crippen LogP contribution < -0.4 is 16.2 Å². The van der Waals surface area contributed by atoms with Crippen molar-refractivity contribution in [1.29, 1.82) is 0 Å². The number of thiocarbonyl (C=S) groups is 1. The molecule has 2 aromatic carbocycles. The highest BCUT2D eigenvalue weighted by atomic mass is 32.1. The number of carbonyl (C=O) groups excluding carboxylic acids is 1. The normalized spacial score (nSPS) is 11.8. The summed E-state index contributed by atoms with van der Waals surface area (Å²) in [5, 5.41) is 5.74. The molecule has 0 aliphatic carbocycles. The Hall–Kier alpha value is -2.14. The third-order valence-corrected chi connectivity index (χ3v) is 4.46. The molecule has 0 aromatic heterocycles. The highest BCUT2D eigenvalue weighted by molar-refractivity contribution is 7.80. The molecule has 0 spiro atoms. The third kappa shape index (κ3) is 6.35. The largest absolute Gasteiger partial charge is 0.361 e. The van der Waals surface area contributed by atoms with Gasteiger partial charge in [0.15, 0.2) is 5.11 Å². The zero-order chi connectivity index (χ0) is 18.1. The quantitative estimate of drug-likeness (QED) is 0.396. The number of hydrogen-bond donors (Lipinski definition) is 3. The number of amides is 1. The Labute approximate surface area is 155 Å². The van der Waals surface area contributed by atoms with E-state index in [0.29, 0.717) is 16.6 Å². The average Bonchev–Trinajstić information content (AvgIpc) is 2.64. The van der Waals surface area contributed by atoms with E-state index in [2.05, 4.69) is 30.0 Å². The van der Waals surface area contributed by atoms with Gasteiger partial charge in [-0.3, -0.25) is 15.6 Å². The van der Waals surface area contributed by atoms with Crippen LogP contribution in [-0.2, 0) is 0 Å². The molecule has 0 heterocycles. The maximum Gasteiger partial charge on any atom is 0.269 e. The highest BCUT2D eigenvalue weighted by Crippen LogP contribution is 2.15. The van der Waals surface area contributed by atoms with E-state index in [4.69, 9.17) is 12.2 Å². The molecule has 0 unspecified atom stereocenters. The molecule has 0 fully saturated rings. The summed E-state index contributed by atoms with van der Waals surface area (Å²) in [5.74, 6) is 0.355. The van der Waals surface area contributed by atoms with Crippen molar-refractivity contribution in [2.75, 3.05) is 6.54 Å². The minimum Gasteiger partial charge on any atom is -0.361 e. The molecule has 134 valence electrons. The van der Waals surface area contributed by atoms with Gasteiger partial charge in [-0.15, -0.1) is 0 Å². The van der Waals surface area contributed by atoms with Crippen molar-refractivity contribution in [2.45, 2.75) is 39.5 Å². The Morgan fingerprint density at radius 3 is 2.60 bits per heavy atom. The Kier molecular flexibility index (Phi) is 7.67. The van der Waals surface area contributed by atoms with Gasteiger partial charge in [0.2, 0.25) is 0 Å². The number of hydrazine groups is 1. The first-order valence-corrected chi connectivity index (χ1v) is 9.34. The number of rotatable bonds is 7. The van der Waals surface area contributed by atoms with Crippen LogP contribution in [0, 0.1) is 5.92 Å². The van der Waals surface area contributed by atoms with Crippen LogP contribution in [-0.4, -0.2) is 17.6 Å². The highest BCUT2D eigenvalue weighted by Gasteiger charge is 2.07. The molecule has 0 saturated heterocycles. The first kappa shape index (κ1) is 19.2. The van der Waals surface area contributed by atoms with E-state index in [1.54, 1.807) is 0 Å². The standard InChI is InChI=1S/C20H27N3OS/c1-3-4-5-8-15(2)14-21-20(25)23-22-19(24)18-12-11-16-9-6-7-10-17(16)13-18/h6-7,9-13,15H,3-5,8,14H2,1-2H3,(H,22,24)(H2,21,23,25)/t15-/m1/s1. The number of unbranched alkanes of at least 4 members (excludes halogenated alkanes) is 2. The first-order chi connectivity index (χ1) is 12.1. The SMILES string of the molecule is CCCCC[C@@H](C)CNC(=S)NNC(=O)c1ccc2ccccc2c1. The average molecular weight is 358 g/mol. The van der Waals surface area contributed by atoms with Gasteiger partial charge in [0.25, 0.3) is 5.91 Å². The summed E-state index contributed by atoms with van der Waals surface area (Å²) in [7, 11) is 0. The smallest absolute Gasteiger partial charge is 0.269 e. The molecule has 4 nitrogen and oxygen atoms in total. The number of hydrogen-bond acceptors (Lipinski definition) is 2. The molecule has 1 atom stereocenters. The molecule has 0 aliphatic heterocycles. The lowest BCUT2D eigenvalue weighted by atomic mass is 10.0. The molecule has 2 aromatic rings. The molecule has 1 amide bonds. The Balaban J connectivity index is 1.75. The number of fused-ring (bicyclic) bond motifs is 1. The van der Waals surface area contributed by atoms with Crippen molar-refractivity contribution in [3.8, 4) is 0 Å². The van der Waals surface area contributed by atoms with Crippen LogP contribution in [0.15, 0.2) is 42.5 Å². The summed E-state index contributed by atoms with van der Waals surface area (Å²) in [5.41, 5.74) is 6.02. The van der Waals surface area contributed by atoms with Crippen molar-refractivity contribution < 1.29 is 4.79 Å². The third-order valence-electron chi connectivity index (χ3n) is 4.21. The molecule has 0 radical (unpaired) electrons. The second-order valence-corrected chi connectivity index (χ2v) is 6.86.